The van der Waals surface area contributed by atoms with Gasteiger partial charge in [-0.25, -0.2) is 0 Å². The van der Waals surface area contributed by atoms with Crippen molar-refractivity contribution < 1.29 is 9.47 Å². The molecule has 0 atom stereocenters. The number of unbranched alkanes of at least 4 members (excludes halogenated alkanes) is 1. The van der Waals surface area contributed by atoms with Gasteiger partial charge in [0.25, 0.3) is 0 Å². The number of guanidine groups is 1. The fourth-order valence-corrected chi connectivity index (χ4v) is 3.75. The normalized spacial score (nSPS) is 15.9. The second-order valence-corrected chi connectivity index (χ2v) is 7.55. The van der Waals surface area contributed by atoms with E-state index in [1.54, 1.807) is 7.11 Å². The fraction of sp³-hybridized carbons (Fsp3) is 0.682. The molecule has 0 spiro atoms. The van der Waals surface area contributed by atoms with E-state index in [-0.39, 0.29) is 24.0 Å². The van der Waals surface area contributed by atoms with Crippen molar-refractivity contribution in [1.82, 2.24) is 10.6 Å². The number of aliphatic imine (C=N–C) groups is 1. The number of ether oxygens (including phenoxy) is 2. The third-order valence-electron chi connectivity index (χ3n) is 5.47. The Hall–Kier alpha value is -0.860. The zero-order valence-electron chi connectivity index (χ0n) is 17.5. The molecule has 28 heavy (non-hydrogen) atoms. The second-order valence-electron chi connectivity index (χ2n) is 7.55. The Labute approximate surface area is 188 Å². The first-order chi connectivity index (χ1) is 13.3. The zero-order valence-corrected chi connectivity index (χ0v) is 19.9. The molecule has 0 heterocycles. The molecule has 1 fully saturated rings. The highest BCUT2D eigenvalue weighted by Gasteiger charge is 2.33. The van der Waals surface area contributed by atoms with Crippen molar-refractivity contribution in [1.29, 1.82) is 0 Å². The molecule has 0 saturated heterocycles. The number of hydrogen-bond acceptors (Lipinski definition) is 3. The Morgan fingerprint density at radius 1 is 1.07 bits per heavy atom. The second kappa shape index (κ2) is 15.0. The van der Waals surface area contributed by atoms with Crippen LogP contribution in [-0.4, -0.2) is 46.4 Å². The third-order valence-corrected chi connectivity index (χ3v) is 5.47. The summed E-state index contributed by atoms with van der Waals surface area (Å²) in [4.78, 5) is 4.37. The van der Waals surface area contributed by atoms with Crippen LogP contribution in [0.4, 0.5) is 0 Å². The van der Waals surface area contributed by atoms with E-state index in [9.17, 15) is 0 Å². The van der Waals surface area contributed by atoms with Crippen LogP contribution in [0.25, 0.3) is 0 Å². The number of hydrogen-bond donors (Lipinski definition) is 2. The van der Waals surface area contributed by atoms with Crippen LogP contribution in [0.2, 0.25) is 0 Å². The van der Waals surface area contributed by atoms with Crippen LogP contribution < -0.4 is 10.6 Å². The van der Waals surface area contributed by atoms with Gasteiger partial charge < -0.3 is 20.1 Å². The summed E-state index contributed by atoms with van der Waals surface area (Å²) in [6.07, 6.45) is 8.50. The van der Waals surface area contributed by atoms with E-state index in [2.05, 4.69) is 27.8 Å². The van der Waals surface area contributed by atoms with Gasteiger partial charge >= 0.3 is 0 Å². The largest absolute Gasteiger partial charge is 0.385 e. The van der Waals surface area contributed by atoms with E-state index in [1.807, 2.05) is 25.2 Å². The number of nitrogens with zero attached hydrogens (tertiary/aromatic N) is 1. The van der Waals surface area contributed by atoms with Gasteiger partial charge in [-0.15, -0.1) is 24.0 Å². The van der Waals surface area contributed by atoms with E-state index in [0.717, 1.165) is 51.5 Å². The minimum atomic E-state index is 0. The Bertz CT molecular complexity index is 534. The molecule has 160 valence electrons. The standard InChI is InChI=1S/C22H37N3O2.HI/c1-23-21(25-19-22(14-17-26-2)12-6-7-13-22)24-15-8-9-16-27-18-20-10-4-3-5-11-20;/h3-5,10-11H,6-9,12-19H2,1-2H3,(H2,23,24,25);1H. The van der Waals surface area contributed by atoms with Gasteiger partial charge in [-0.2, -0.15) is 0 Å². The van der Waals surface area contributed by atoms with Crippen LogP contribution >= 0.6 is 24.0 Å². The summed E-state index contributed by atoms with van der Waals surface area (Å²) in [6, 6.07) is 10.3. The number of methoxy groups -OCH3 is 1. The van der Waals surface area contributed by atoms with Gasteiger partial charge in [0.05, 0.1) is 6.61 Å². The molecule has 5 nitrogen and oxygen atoms in total. The number of nitrogens with one attached hydrogen (secondary N) is 2. The molecule has 0 aliphatic heterocycles. The van der Waals surface area contributed by atoms with E-state index in [0.29, 0.717) is 12.0 Å². The number of benzene rings is 1. The molecule has 0 aromatic heterocycles. The first-order valence-electron chi connectivity index (χ1n) is 10.3. The first kappa shape index (κ1) is 25.2. The van der Waals surface area contributed by atoms with Gasteiger partial charge in [0, 0.05) is 40.5 Å². The molecule has 0 amide bonds. The van der Waals surface area contributed by atoms with Crippen LogP contribution in [0.5, 0.6) is 0 Å². The number of halogens is 1. The van der Waals surface area contributed by atoms with E-state index in [1.165, 1.54) is 31.2 Å². The molecule has 1 aromatic rings. The van der Waals surface area contributed by atoms with Crippen molar-refractivity contribution in [3.8, 4) is 0 Å². The zero-order chi connectivity index (χ0) is 19.2. The molecule has 1 aliphatic rings. The fourth-order valence-electron chi connectivity index (χ4n) is 3.75. The van der Waals surface area contributed by atoms with Gasteiger partial charge in [0.15, 0.2) is 5.96 Å². The Morgan fingerprint density at radius 2 is 1.82 bits per heavy atom. The van der Waals surface area contributed by atoms with Crippen LogP contribution in [0.3, 0.4) is 0 Å². The van der Waals surface area contributed by atoms with E-state index >= 15 is 0 Å². The molecule has 6 heteroatoms. The highest BCUT2D eigenvalue weighted by atomic mass is 127. The lowest BCUT2D eigenvalue weighted by molar-refractivity contribution is 0.117. The third kappa shape index (κ3) is 9.56. The first-order valence-corrected chi connectivity index (χ1v) is 10.3. The van der Waals surface area contributed by atoms with Crippen molar-refractivity contribution in [3.05, 3.63) is 35.9 Å². The minimum absolute atomic E-state index is 0. The summed E-state index contributed by atoms with van der Waals surface area (Å²) in [7, 11) is 3.63. The highest BCUT2D eigenvalue weighted by Crippen LogP contribution is 2.40. The van der Waals surface area contributed by atoms with E-state index < -0.39 is 0 Å². The van der Waals surface area contributed by atoms with Crippen LogP contribution in [0.1, 0.15) is 50.5 Å². The molecule has 2 N–H and O–H groups in total. The summed E-state index contributed by atoms with van der Waals surface area (Å²) in [5.74, 6) is 0.906. The quantitative estimate of drug-likeness (QED) is 0.193. The Balaban J connectivity index is 0.00000392. The Kier molecular flexibility index (Phi) is 13.5. The topological polar surface area (TPSA) is 54.9 Å². The molecule has 1 saturated carbocycles. The molecule has 1 aliphatic carbocycles. The summed E-state index contributed by atoms with van der Waals surface area (Å²) in [5, 5.41) is 6.96. The van der Waals surface area contributed by atoms with Crippen LogP contribution in [0, 0.1) is 5.41 Å². The lowest BCUT2D eigenvalue weighted by Gasteiger charge is -2.30. The van der Waals surface area contributed by atoms with Crippen molar-refractivity contribution in [2.75, 3.05) is 40.5 Å². The van der Waals surface area contributed by atoms with Gasteiger partial charge in [-0.3, -0.25) is 4.99 Å². The maximum atomic E-state index is 5.73. The Morgan fingerprint density at radius 3 is 2.50 bits per heavy atom. The molecule has 0 bridgehead atoms. The van der Waals surface area contributed by atoms with Gasteiger partial charge in [-0.05, 0) is 43.1 Å². The van der Waals surface area contributed by atoms with Gasteiger partial charge in [0.1, 0.15) is 0 Å². The monoisotopic (exact) mass is 503 g/mol. The van der Waals surface area contributed by atoms with Crippen molar-refractivity contribution in [3.63, 3.8) is 0 Å². The van der Waals surface area contributed by atoms with Gasteiger partial charge in [-0.1, -0.05) is 43.2 Å². The summed E-state index contributed by atoms with van der Waals surface area (Å²) >= 11 is 0. The predicted octanol–water partition coefficient (Wildman–Crippen LogP) is 4.36. The molecule has 0 unspecified atom stereocenters. The smallest absolute Gasteiger partial charge is 0.190 e. The summed E-state index contributed by atoms with van der Waals surface area (Å²) in [6.45, 7) is 4.23. The van der Waals surface area contributed by atoms with E-state index in [4.69, 9.17) is 9.47 Å². The molecule has 0 radical (unpaired) electrons. The lowest BCUT2D eigenvalue weighted by atomic mass is 9.83. The van der Waals surface area contributed by atoms with Crippen molar-refractivity contribution >= 4 is 29.9 Å². The molecular weight excluding hydrogens is 465 g/mol. The molecular formula is C22H38IN3O2. The van der Waals surface area contributed by atoms with Crippen molar-refractivity contribution in [2.24, 2.45) is 10.4 Å². The maximum Gasteiger partial charge on any atom is 0.190 e. The average Bonchev–Trinajstić information content (AvgIpc) is 3.18. The highest BCUT2D eigenvalue weighted by molar-refractivity contribution is 14.0. The summed E-state index contributed by atoms with van der Waals surface area (Å²) in [5.41, 5.74) is 1.60. The maximum absolute atomic E-state index is 5.73. The van der Waals surface area contributed by atoms with Crippen molar-refractivity contribution in [2.45, 2.75) is 51.6 Å². The number of rotatable bonds is 12. The average molecular weight is 503 g/mol. The minimum Gasteiger partial charge on any atom is -0.385 e. The summed E-state index contributed by atoms with van der Waals surface area (Å²) < 4.78 is 11.0. The molecule has 2 rings (SSSR count). The van der Waals surface area contributed by atoms with Crippen LogP contribution in [0.15, 0.2) is 35.3 Å². The van der Waals surface area contributed by atoms with Crippen LogP contribution in [-0.2, 0) is 16.1 Å². The predicted molar refractivity (Wildman–Crippen MR) is 128 cm³/mol. The van der Waals surface area contributed by atoms with Gasteiger partial charge in [0.2, 0.25) is 0 Å². The molecule has 1 aromatic carbocycles. The lowest BCUT2D eigenvalue weighted by Crippen LogP contribution is -2.43. The SMILES string of the molecule is CN=C(NCCCCOCc1ccccc1)NCC1(CCOC)CCCC1.I.